The molecule has 1 saturated carbocycles. The van der Waals surface area contributed by atoms with Gasteiger partial charge in [0.2, 0.25) is 0 Å². The van der Waals surface area contributed by atoms with E-state index in [1.807, 2.05) is 6.07 Å². The molecular weight excluding hydrogens is 218 g/mol. The summed E-state index contributed by atoms with van der Waals surface area (Å²) in [4.78, 5) is 0. The molecule has 1 heteroatoms. The molecule has 96 valence electrons. The van der Waals surface area contributed by atoms with E-state index in [0.29, 0.717) is 12.0 Å². The van der Waals surface area contributed by atoms with Crippen LogP contribution in [0.5, 0.6) is 0 Å². The van der Waals surface area contributed by atoms with Crippen molar-refractivity contribution in [1.82, 2.24) is 0 Å². The molecule has 18 heavy (non-hydrogen) atoms. The van der Waals surface area contributed by atoms with Crippen molar-refractivity contribution >= 4 is 6.08 Å². The zero-order valence-electron chi connectivity index (χ0n) is 11.0. The average Bonchev–Trinajstić information content (AvgIpc) is 2.40. The van der Waals surface area contributed by atoms with Crippen molar-refractivity contribution in [3.05, 3.63) is 54.1 Å². The molecule has 0 amide bonds. The molecule has 1 aliphatic rings. The van der Waals surface area contributed by atoms with Crippen LogP contribution in [0.2, 0.25) is 0 Å². The fourth-order valence-electron chi connectivity index (χ4n) is 2.60. The first-order chi connectivity index (χ1) is 8.75. The zero-order valence-corrected chi connectivity index (χ0v) is 11.0. The molecular formula is C17H23N. The Kier molecular flexibility index (Phi) is 4.77. The van der Waals surface area contributed by atoms with Gasteiger partial charge in [0, 0.05) is 6.04 Å². The predicted octanol–water partition coefficient (Wildman–Crippen LogP) is 4.16. The smallest absolute Gasteiger partial charge is 0.00392 e. The molecule has 0 heterocycles. The Labute approximate surface area is 110 Å². The van der Waals surface area contributed by atoms with E-state index in [4.69, 9.17) is 5.73 Å². The first-order valence-corrected chi connectivity index (χ1v) is 6.90. The topological polar surface area (TPSA) is 26.0 Å². The number of nitrogens with two attached hydrogens (primary N) is 1. The third-order valence-corrected chi connectivity index (χ3v) is 3.84. The van der Waals surface area contributed by atoms with Crippen molar-refractivity contribution in [3.8, 4) is 0 Å². The van der Waals surface area contributed by atoms with E-state index >= 15 is 0 Å². The number of rotatable bonds is 4. The number of benzene rings is 1. The van der Waals surface area contributed by atoms with E-state index in [1.54, 1.807) is 0 Å². The fourth-order valence-corrected chi connectivity index (χ4v) is 2.60. The molecule has 1 aromatic carbocycles. The Morgan fingerprint density at radius 3 is 2.50 bits per heavy atom. The van der Waals surface area contributed by atoms with Crippen LogP contribution in [0.3, 0.4) is 0 Å². The van der Waals surface area contributed by atoms with Gasteiger partial charge in [-0.3, -0.25) is 0 Å². The van der Waals surface area contributed by atoms with Gasteiger partial charge in [-0.2, -0.15) is 0 Å². The zero-order chi connectivity index (χ0) is 12.8. The lowest BCUT2D eigenvalue weighted by atomic mass is 9.81. The van der Waals surface area contributed by atoms with Gasteiger partial charge in [0.25, 0.3) is 0 Å². The maximum absolute atomic E-state index is 5.93. The lowest BCUT2D eigenvalue weighted by Crippen LogP contribution is -2.26. The minimum atomic E-state index is 0.425. The molecule has 1 nitrogen and oxygen atoms in total. The van der Waals surface area contributed by atoms with Crippen molar-refractivity contribution in [2.24, 2.45) is 11.7 Å². The Balaban J connectivity index is 1.80. The molecule has 2 N–H and O–H groups in total. The molecule has 0 aromatic heterocycles. The minimum Gasteiger partial charge on any atom is -0.328 e. The first-order valence-electron chi connectivity index (χ1n) is 6.90. The summed E-state index contributed by atoms with van der Waals surface area (Å²) in [6, 6.07) is 10.8. The van der Waals surface area contributed by atoms with Gasteiger partial charge in [-0.15, -0.1) is 0 Å². The van der Waals surface area contributed by atoms with Crippen LogP contribution < -0.4 is 5.73 Å². The third-order valence-electron chi connectivity index (χ3n) is 3.84. The lowest BCUT2D eigenvalue weighted by molar-refractivity contribution is 0.360. The summed E-state index contributed by atoms with van der Waals surface area (Å²) < 4.78 is 0. The van der Waals surface area contributed by atoms with Crippen LogP contribution in [-0.2, 0) is 0 Å². The molecule has 1 aliphatic carbocycles. The van der Waals surface area contributed by atoms with Gasteiger partial charge in [-0.1, -0.05) is 54.6 Å². The van der Waals surface area contributed by atoms with E-state index in [0.717, 1.165) is 19.3 Å². The Hall–Kier alpha value is -1.34. The number of allylic oxidation sites excluding steroid dienone is 2. The van der Waals surface area contributed by atoms with Crippen LogP contribution in [0, 0.1) is 5.92 Å². The second-order valence-corrected chi connectivity index (χ2v) is 5.29. The summed E-state index contributed by atoms with van der Waals surface area (Å²) in [5.41, 5.74) is 8.56. The van der Waals surface area contributed by atoms with Crippen molar-refractivity contribution in [2.45, 2.75) is 38.1 Å². The SMILES string of the molecule is C=C(C/C=C/c1ccccc1)C1CCC(N)CC1. The van der Waals surface area contributed by atoms with Gasteiger partial charge in [-0.05, 0) is 43.6 Å². The van der Waals surface area contributed by atoms with E-state index in [1.165, 1.54) is 24.0 Å². The lowest BCUT2D eigenvalue weighted by Gasteiger charge is -2.27. The quantitative estimate of drug-likeness (QED) is 0.787. The summed E-state index contributed by atoms with van der Waals surface area (Å²) >= 11 is 0. The molecule has 0 bridgehead atoms. The highest BCUT2D eigenvalue weighted by Crippen LogP contribution is 2.30. The molecule has 1 aromatic rings. The van der Waals surface area contributed by atoms with E-state index < -0.39 is 0 Å². The predicted molar refractivity (Wildman–Crippen MR) is 79.2 cm³/mol. The summed E-state index contributed by atoms with van der Waals surface area (Å²) in [6.45, 7) is 4.24. The Morgan fingerprint density at radius 1 is 1.17 bits per heavy atom. The maximum atomic E-state index is 5.93. The summed E-state index contributed by atoms with van der Waals surface area (Å²) in [6.07, 6.45) is 10.2. The fraction of sp³-hybridized carbons (Fsp3) is 0.412. The van der Waals surface area contributed by atoms with Crippen molar-refractivity contribution in [1.29, 1.82) is 0 Å². The monoisotopic (exact) mass is 241 g/mol. The van der Waals surface area contributed by atoms with E-state index in [9.17, 15) is 0 Å². The van der Waals surface area contributed by atoms with Gasteiger partial charge in [0.1, 0.15) is 0 Å². The molecule has 0 radical (unpaired) electrons. The minimum absolute atomic E-state index is 0.425. The van der Waals surface area contributed by atoms with Crippen molar-refractivity contribution in [2.75, 3.05) is 0 Å². The number of hydrogen-bond acceptors (Lipinski definition) is 1. The van der Waals surface area contributed by atoms with Gasteiger partial charge < -0.3 is 5.73 Å². The second kappa shape index (κ2) is 6.55. The highest BCUT2D eigenvalue weighted by molar-refractivity contribution is 5.49. The highest BCUT2D eigenvalue weighted by atomic mass is 14.6. The molecule has 1 fully saturated rings. The highest BCUT2D eigenvalue weighted by Gasteiger charge is 2.19. The standard InChI is InChI=1S/C17H23N/c1-14(16-10-12-17(18)13-11-16)6-5-9-15-7-3-2-4-8-15/h2-5,7-9,16-17H,1,6,10-13,18H2/b9-5+. The summed E-state index contributed by atoms with van der Waals surface area (Å²) in [5.74, 6) is 0.685. The third kappa shape index (κ3) is 3.85. The van der Waals surface area contributed by atoms with Crippen LogP contribution in [0.25, 0.3) is 6.08 Å². The van der Waals surface area contributed by atoms with Crippen LogP contribution in [0.1, 0.15) is 37.7 Å². The molecule has 0 aliphatic heterocycles. The van der Waals surface area contributed by atoms with Gasteiger partial charge in [0.05, 0.1) is 0 Å². The van der Waals surface area contributed by atoms with Crippen molar-refractivity contribution < 1.29 is 0 Å². The van der Waals surface area contributed by atoms with Gasteiger partial charge in [-0.25, -0.2) is 0 Å². The van der Waals surface area contributed by atoms with E-state index in [2.05, 4.69) is 43.0 Å². The van der Waals surface area contributed by atoms with Gasteiger partial charge >= 0.3 is 0 Å². The maximum Gasteiger partial charge on any atom is 0.00392 e. The largest absolute Gasteiger partial charge is 0.328 e. The first kappa shape index (κ1) is 13.1. The molecule has 0 spiro atoms. The van der Waals surface area contributed by atoms with Crippen LogP contribution in [-0.4, -0.2) is 6.04 Å². The molecule has 0 unspecified atom stereocenters. The Bertz CT molecular complexity index is 397. The van der Waals surface area contributed by atoms with E-state index in [-0.39, 0.29) is 0 Å². The van der Waals surface area contributed by atoms with Crippen LogP contribution in [0.4, 0.5) is 0 Å². The molecule has 2 rings (SSSR count). The summed E-state index contributed by atoms with van der Waals surface area (Å²) in [5, 5.41) is 0. The normalized spacial score (nSPS) is 24.3. The Morgan fingerprint density at radius 2 is 1.83 bits per heavy atom. The van der Waals surface area contributed by atoms with Crippen LogP contribution in [0.15, 0.2) is 48.6 Å². The second-order valence-electron chi connectivity index (χ2n) is 5.29. The van der Waals surface area contributed by atoms with Gasteiger partial charge in [0.15, 0.2) is 0 Å². The molecule has 0 saturated heterocycles. The summed E-state index contributed by atoms with van der Waals surface area (Å²) in [7, 11) is 0. The average molecular weight is 241 g/mol. The molecule has 0 atom stereocenters. The number of hydrogen-bond donors (Lipinski definition) is 1. The van der Waals surface area contributed by atoms with Crippen molar-refractivity contribution in [3.63, 3.8) is 0 Å². The van der Waals surface area contributed by atoms with Crippen LogP contribution >= 0.6 is 0 Å².